The van der Waals surface area contributed by atoms with Crippen molar-refractivity contribution in [3.63, 3.8) is 0 Å². The van der Waals surface area contributed by atoms with Gasteiger partial charge in [-0.1, -0.05) is 35.4 Å². The minimum atomic E-state index is 0.437. The third-order valence-corrected chi connectivity index (χ3v) is 2.51. The molecule has 2 rings (SSSR count). The van der Waals surface area contributed by atoms with Gasteiger partial charge in [0, 0.05) is 20.2 Å². The van der Waals surface area contributed by atoms with Gasteiger partial charge in [-0.25, -0.2) is 0 Å². The summed E-state index contributed by atoms with van der Waals surface area (Å²) < 4.78 is 10.4. The Morgan fingerprint density at radius 2 is 2.00 bits per heavy atom. The Morgan fingerprint density at radius 1 is 1.16 bits per heavy atom. The van der Waals surface area contributed by atoms with E-state index in [2.05, 4.69) is 20.8 Å². The standard InChI is InChI=1S/C13H18N4O2/c1-18-8-7-14-10-12-16-17-13(19-12)15-9-11-5-3-2-4-6-11/h2-6,14H,7-10H2,1H3,(H,15,17). The second kappa shape index (κ2) is 7.50. The SMILES string of the molecule is COCCNCc1nnc(NCc2ccccc2)o1. The van der Waals surface area contributed by atoms with Gasteiger partial charge in [0.05, 0.1) is 13.2 Å². The van der Waals surface area contributed by atoms with Crippen LogP contribution in [0.25, 0.3) is 0 Å². The van der Waals surface area contributed by atoms with Crippen molar-refractivity contribution in [3.05, 3.63) is 41.8 Å². The highest BCUT2D eigenvalue weighted by Crippen LogP contribution is 2.07. The molecule has 0 atom stereocenters. The van der Waals surface area contributed by atoms with Gasteiger partial charge in [0.1, 0.15) is 0 Å². The molecule has 0 aliphatic carbocycles. The molecule has 0 bridgehead atoms. The zero-order valence-electron chi connectivity index (χ0n) is 10.9. The van der Waals surface area contributed by atoms with E-state index in [-0.39, 0.29) is 0 Å². The van der Waals surface area contributed by atoms with Gasteiger partial charge in [0.25, 0.3) is 0 Å². The number of nitrogens with zero attached hydrogens (tertiary/aromatic N) is 2. The molecule has 0 radical (unpaired) electrons. The van der Waals surface area contributed by atoms with E-state index in [4.69, 9.17) is 9.15 Å². The van der Waals surface area contributed by atoms with Gasteiger partial charge in [-0.3, -0.25) is 0 Å². The first-order valence-electron chi connectivity index (χ1n) is 6.18. The van der Waals surface area contributed by atoms with Gasteiger partial charge in [0.2, 0.25) is 5.89 Å². The maximum Gasteiger partial charge on any atom is 0.315 e. The molecule has 1 aromatic heterocycles. The van der Waals surface area contributed by atoms with E-state index in [1.54, 1.807) is 7.11 Å². The van der Waals surface area contributed by atoms with Crippen molar-refractivity contribution in [2.24, 2.45) is 0 Å². The third-order valence-electron chi connectivity index (χ3n) is 2.51. The summed E-state index contributed by atoms with van der Waals surface area (Å²) in [7, 11) is 1.67. The Morgan fingerprint density at radius 3 is 2.79 bits per heavy atom. The highest BCUT2D eigenvalue weighted by Gasteiger charge is 2.04. The van der Waals surface area contributed by atoms with Gasteiger partial charge in [-0.05, 0) is 5.56 Å². The monoisotopic (exact) mass is 262 g/mol. The zero-order chi connectivity index (χ0) is 13.3. The minimum absolute atomic E-state index is 0.437. The topological polar surface area (TPSA) is 72.2 Å². The van der Waals surface area contributed by atoms with Gasteiger partial charge < -0.3 is 19.8 Å². The van der Waals surface area contributed by atoms with Crippen LogP contribution in [0.15, 0.2) is 34.7 Å². The van der Waals surface area contributed by atoms with Crippen molar-refractivity contribution in [1.29, 1.82) is 0 Å². The molecule has 0 aliphatic rings. The van der Waals surface area contributed by atoms with Gasteiger partial charge >= 0.3 is 6.01 Å². The molecule has 0 fully saturated rings. The Kier molecular flexibility index (Phi) is 5.33. The first-order chi connectivity index (χ1) is 9.38. The van der Waals surface area contributed by atoms with E-state index in [1.165, 1.54) is 5.56 Å². The molecule has 6 nitrogen and oxygen atoms in total. The molecule has 2 aromatic rings. The molecule has 2 N–H and O–H groups in total. The second-order valence-electron chi connectivity index (χ2n) is 4.01. The van der Waals surface area contributed by atoms with E-state index in [0.29, 0.717) is 31.6 Å². The maximum absolute atomic E-state index is 5.45. The molecule has 0 spiro atoms. The summed E-state index contributed by atoms with van der Waals surface area (Å²) in [6, 6.07) is 10.5. The van der Waals surface area contributed by atoms with Crippen LogP contribution in [0, 0.1) is 0 Å². The van der Waals surface area contributed by atoms with E-state index in [1.807, 2.05) is 30.3 Å². The molecule has 0 saturated carbocycles. The first kappa shape index (κ1) is 13.5. The van der Waals surface area contributed by atoms with Crippen LogP contribution in [0.1, 0.15) is 11.5 Å². The number of methoxy groups -OCH3 is 1. The van der Waals surface area contributed by atoms with Crippen molar-refractivity contribution in [3.8, 4) is 0 Å². The molecule has 0 amide bonds. The van der Waals surface area contributed by atoms with Crippen molar-refractivity contribution >= 4 is 6.01 Å². The predicted molar refractivity (Wildman–Crippen MR) is 71.6 cm³/mol. The fraction of sp³-hybridized carbons (Fsp3) is 0.385. The van der Waals surface area contributed by atoms with E-state index >= 15 is 0 Å². The third kappa shape index (κ3) is 4.69. The van der Waals surface area contributed by atoms with Crippen molar-refractivity contribution < 1.29 is 9.15 Å². The lowest BCUT2D eigenvalue weighted by atomic mass is 10.2. The quantitative estimate of drug-likeness (QED) is 0.701. The molecule has 1 heterocycles. The van der Waals surface area contributed by atoms with Crippen molar-refractivity contribution in [2.75, 3.05) is 25.6 Å². The van der Waals surface area contributed by atoms with Crippen LogP contribution < -0.4 is 10.6 Å². The number of benzene rings is 1. The normalized spacial score (nSPS) is 10.6. The van der Waals surface area contributed by atoms with E-state index in [0.717, 1.165) is 6.54 Å². The van der Waals surface area contributed by atoms with Crippen LogP contribution in [-0.4, -0.2) is 30.5 Å². The molecule has 0 aliphatic heterocycles. The van der Waals surface area contributed by atoms with E-state index < -0.39 is 0 Å². The molecule has 0 unspecified atom stereocenters. The zero-order valence-corrected chi connectivity index (χ0v) is 10.9. The number of anilines is 1. The number of aromatic nitrogens is 2. The fourth-order valence-corrected chi connectivity index (χ4v) is 1.54. The highest BCUT2D eigenvalue weighted by molar-refractivity contribution is 5.23. The Hall–Kier alpha value is -1.92. The Labute approximate surface area is 112 Å². The Bertz CT molecular complexity index is 473. The summed E-state index contributed by atoms with van der Waals surface area (Å²) in [6.07, 6.45) is 0. The fourth-order valence-electron chi connectivity index (χ4n) is 1.54. The average molecular weight is 262 g/mol. The molecule has 1 aromatic carbocycles. The molecule has 6 heteroatoms. The van der Waals surface area contributed by atoms with Gasteiger partial charge in [-0.15, -0.1) is 5.10 Å². The van der Waals surface area contributed by atoms with Crippen LogP contribution in [0.4, 0.5) is 6.01 Å². The summed E-state index contributed by atoms with van der Waals surface area (Å²) in [5.74, 6) is 0.562. The molecule has 102 valence electrons. The largest absolute Gasteiger partial charge is 0.407 e. The van der Waals surface area contributed by atoms with Crippen LogP contribution in [0.2, 0.25) is 0 Å². The second-order valence-corrected chi connectivity index (χ2v) is 4.01. The number of hydrogen-bond donors (Lipinski definition) is 2. The summed E-state index contributed by atoms with van der Waals surface area (Å²) in [6.45, 7) is 2.63. The summed E-state index contributed by atoms with van der Waals surface area (Å²) in [5.41, 5.74) is 1.17. The molecule has 0 saturated heterocycles. The number of ether oxygens (including phenoxy) is 1. The molecular formula is C13H18N4O2. The van der Waals surface area contributed by atoms with Crippen LogP contribution >= 0.6 is 0 Å². The summed E-state index contributed by atoms with van der Waals surface area (Å²) in [5, 5.41) is 14.1. The van der Waals surface area contributed by atoms with Crippen LogP contribution in [-0.2, 0) is 17.8 Å². The van der Waals surface area contributed by atoms with Crippen molar-refractivity contribution in [1.82, 2.24) is 15.5 Å². The van der Waals surface area contributed by atoms with Gasteiger partial charge in [0.15, 0.2) is 0 Å². The lowest BCUT2D eigenvalue weighted by Crippen LogP contribution is -2.18. The average Bonchev–Trinajstić information content (AvgIpc) is 2.91. The lowest BCUT2D eigenvalue weighted by Gasteiger charge is -2.01. The Balaban J connectivity index is 1.74. The highest BCUT2D eigenvalue weighted by atomic mass is 16.5. The number of rotatable bonds is 8. The van der Waals surface area contributed by atoms with E-state index in [9.17, 15) is 0 Å². The van der Waals surface area contributed by atoms with Crippen molar-refractivity contribution in [2.45, 2.75) is 13.1 Å². The number of hydrogen-bond acceptors (Lipinski definition) is 6. The van der Waals surface area contributed by atoms with Crippen LogP contribution in [0.5, 0.6) is 0 Å². The van der Waals surface area contributed by atoms with Crippen LogP contribution in [0.3, 0.4) is 0 Å². The summed E-state index contributed by atoms with van der Waals surface area (Å²) in [4.78, 5) is 0. The minimum Gasteiger partial charge on any atom is -0.407 e. The molecular weight excluding hydrogens is 244 g/mol. The lowest BCUT2D eigenvalue weighted by molar-refractivity contribution is 0.198. The maximum atomic E-state index is 5.45. The smallest absolute Gasteiger partial charge is 0.315 e. The number of nitrogens with one attached hydrogen (secondary N) is 2. The summed E-state index contributed by atoms with van der Waals surface area (Å²) >= 11 is 0. The molecule has 19 heavy (non-hydrogen) atoms. The van der Waals surface area contributed by atoms with Gasteiger partial charge in [-0.2, -0.15) is 0 Å². The first-order valence-corrected chi connectivity index (χ1v) is 6.18. The predicted octanol–water partition coefficient (Wildman–Crippen LogP) is 1.42.